The first-order valence-electron chi connectivity index (χ1n) is 7.34. The SMILES string of the molecule is COC(=O)CC(c1ccc(C)c(CO)c1)c1ccc(C(C)=O)s1. The molecule has 0 aliphatic heterocycles. The molecule has 0 bridgehead atoms. The molecular formula is C18H20O4S. The van der Waals surface area contributed by atoms with Gasteiger partial charge in [0.2, 0.25) is 0 Å². The highest BCUT2D eigenvalue weighted by atomic mass is 32.1. The lowest BCUT2D eigenvalue weighted by molar-refractivity contribution is -0.140. The van der Waals surface area contributed by atoms with E-state index in [9.17, 15) is 14.7 Å². The number of aryl methyl sites for hydroxylation is 1. The predicted octanol–water partition coefficient (Wildman–Crippen LogP) is 3.45. The third-order valence-corrected chi connectivity index (χ3v) is 5.16. The molecule has 1 atom stereocenters. The van der Waals surface area contributed by atoms with Crippen LogP contribution < -0.4 is 0 Å². The number of Topliss-reactive ketones (excluding diaryl/α,β-unsaturated/α-hetero) is 1. The predicted molar refractivity (Wildman–Crippen MR) is 89.9 cm³/mol. The molecule has 0 saturated carbocycles. The summed E-state index contributed by atoms with van der Waals surface area (Å²) in [4.78, 5) is 24.9. The van der Waals surface area contributed by atoms with Crippen LogP contribution in [0.5, 0.6) is 0 Å². The number of carbonyl (C=O) groups is 2. The van der Waals surface area contributed by atoms with Crippen molar-refractivity contribution in [2.45, 2.75) is 32.8 Å². The summed E-state index contributed by atoms with van der Waals surface area (Å²) in [7, 11) is 1.36. The highest BCUT2D eigenvalue weighted by Crippen LogP contribution is 2.34. The number of methoxy groups -OCH3 is 1. The highest BCUT2D eigenvalue weighted by molar-refractivity contribution is 7.14. The number of hydrogen-bond donors (Lipinski definition) is 1. The van der Waals surface area contributed by atoms with E-state index < -0.39 is 0 Å². The highest BCUT2D eigenvalue weighted by Gasteiger charge is 2.22. The van der Waals surface area contributed by atoms with Gasteiger partial charge in [-0.25, -0.2) is 0 Å². The van der Waals surface area contributed by atoms with Crippen LogP contribution in [-0.2, 0) is 16.1 Å². The van der Waals surface area contributed by atoms with Gasteiger partial charge in [-0.1, -0.05) is 18.2 Å². The summed E-state index contributed by atoms with van der Waals surface area (Å²) in [6.45, 7) is 3.41. The molecule has 0 spiro atoms. The Morgan fingerprint density at radius 1 is 1.26 bits per heavy atom. The van der Waals surface area contributed by atoms with Crippen LogP contribution in [0.4, 0.5) is 0 Å². The van der Waals surface area contributed by atoms with Crippen LogP contribution in [-0.4, -0.2) is 24.0 Å². The molecule has 0 aliphatic carbocycles. The molecular weight excluding hydrogens is 312 g/mol. The molecule has 23 heavy (non-hydrogen) atoms. The minimum Gasteiger partial charge on any atom is -0.469 e. The Morgan fingerprint density at radius 3 is 2.57 bits per heavy atom. The van der Waals surface area contributed by atoms with Gasteiger partial charge in [0.15, 0.2) is 5.78 Å². The monoisotopic (exact) mass is 332 g/mol. The van der Waals surface area contributed by atoms with Crippen molar-refractivity contribution in [1.82, 2.24) is 0 Å². The van der Waals surface area contributed by atoms with Crippen LogP contribution in [0.15, 0.2) is 30.3 Å². The summed E-state index contributed by atoms with van der Waals surface area (Å²) in [5.41, 5.74) is 2.77. The minimum absolute atomic E-state index is 0.0121. The van der Waals surface area contributed by atoms with E-state index in [2.05, 4.69) is 0 Å². The number of benzene rings is 1. The van der Waals surface area contributed by atoms with Gasteiger partial charge in [-0.3, -0.25) is 9.59 Å². The molecule has 0 fully saturated rings. The van der Waals surface area contributed by atoms with Crippen molar-refractivity contribution < 1.29 is 19.4 Å². The fourth-order valence-corrected chi connectivity index (χ4v) is 3.47. The quantitative estimate of drug-likeness (QED) is 0.650. The number of thiophene rings is 1. The van der Waals surface area contributed by atoms with Gasteiger partial charge < -0.3 is 9.84 Å². The molecule has 0 amide bonds. The molecule has 0 radical (unpaired) electrons. The van der Waals surface area contributed by atoms with Crippen LogP contribution in [0.2, 0.25) is 0 Å². The summed E-state index contributed by atoms with van der Waals surface area (Å²) in [5, 5.41) is 9.47. The lowest BCUT2D eigenvalue weighted by Crippen LogP contribution is -2.09. The average Bonchev–Trinajstić information content (AvgIpc) is 3.03. The Hall–Kier alpha value is -1.98. The van der Waals surface area contributed by atoms with E-state index in [-0.39, 0.29) is 30.7 Å². The fraction of sp³-hybridized carbons (Fsp3) is 0.333. The van der Waals surface area contributed by atoms with Gasteiger partial charge >= 0.3 is 5.97 Å². The van der Waals surface area contributed by atoms with E-state index in [1.54, 1.807) is 6.07 Å². The second-order valence-electron chi connectivity index (χ2n) is 5.44. The van der Waals surface area contributed by atoms with Gasteiger partial charge in [-0.2, -0.15) is 0 Å². The van der Waals surface area contributed by atoms with E-state index in [0.717, 1.165) is 21.6 Å². The lowest BCUT2D eigenvalue weighted by atomic mass is 9.91. The van der Waals surface area contributed by atoms with E-state index >= 15 is 0 Å². The summed E-state index contributed by atoms with van der Waals surface area (Å²) >= 11 is 1.39. The molecule has 1 heterocycles. The first kappa shape index (κ1) is 17.4. The van der Waals surface area contributed by atoms with Crippen LogP contribution in [0.1, 0.15) is 50.5 Å². The van der Waals surface area contributed by atoms with Gasteiger partial charge in [-0.05, 0) is 42.7 Å². The van der Waals surface area contributed by atoms with Crippen molar-refractivity contribution in [3.63, 3.8) is 0 Å². The Labute approximate surface area is 139 Å². The second-order valence-corrected chi connectivity index (χ2v) is 6.55. The minimum atomic E-state index is -0.307. The first-order chi connectivity index (χ1) is 11.0. The number of ether oxygens (including phenoxy) is 1. The summed E-state index contributed by atoms with van der Waals surface area (Å²) < 4.78 is 4.81. The topological polar surface area (TPSA) is 63.6 Å². The Kier molecular flexibility index (Phi) is 5.69. The average molecular weight is 332 g/mol. The maximum atomic E-state index is 11.8. The van der Waals surface area contributed by atoms with Crippen LogP contribution in [0.25, 0.3) is 0 Å². The Bertz CT molecular complexity index is 718. The zero-order valence-electron chi connectivity index (χ0n) is 13.5. The van der Waals surface area contributed by atoms with Crippen LogP contribution >= 0.6 is 11.3 Å². The molecule has 122 valence electrons. The van der Waals surface area contributed by atoms with Crippen molar-refractivity contribution >= 4 is 23.1 Å². The molecule has 2 aromatic rings. The van der Waals surface area contributed by atoms with Crippen LogP contribution in [0, 0.1) is 6.92 Å². The maximum absolute atomic E-state index is 11.8. The second kappa shape index (κ2) is 7.53. The number of rotatable bonds is 6. The van der Waals surface area contributed by atoms with Crippen molar-refractivity contribution in [2.75, 3.05) is 7.11 Å². The summed E-state index contributed by atoms with van der Waals surface area (Å²) in [5.74, 6) is -0.483. The van der Waals surface area contributed by atoms with Crippen molar-refractivity contribution in [2.24, 2.45) is 0 Å². The fourth-order valence-electron chi connectivity index (χ4n) is 2.44. The Balaban J connectivity index is 2.44. The van der Waals surface area contributed by atoms with E-state index in [1.807, 2.05) is 31.2 Å². The van der Waals surface area contributed by atoms with Crippen molar-refractivity contribution in [3.05, 3.63) is 56.8 Å². The molecule has 0 saturated heterocycles. The number of carbonyl (C=O) groups excluding carboxylic acids is 2. The van der Waals surface area contributed by atoms with Gasteiger partial charge in [-0.15, -0.1) is 11.3 Å². The van der Waals surface area contributed by atoms with Gasteiger partial charge in [0, 0.05) is 10.8 Å². The summed E-state index contributed by atoms with van der Waals surface area (Å²) in [6.07, 6.45) is 0.197. The zero-order chi connectivity index (χ0) is 17.0. The Morgan fingerprint density at radius 2 is 2.00 bits per heavy atom. The molecule has 2 rings (SSSR count). The maximum Gasteiger partial charge on any atom is 0.306 e. The molecule has 1 N–H and O–H groups in total. The van der Waals surface area contributed by atoms with Crippen molar-refractivity contribution in [1.29, 1.82) is 0 Å². The van der Waals surface area contributed by atoms with Gasteiger partial charge in [0.1, 0.15) is 0 Å². The first-order valence-corrected chi connectivity index (χ1v) is 8.15. The lowest BCUT2D eigenvalue weighted by Gasteiger charge is -2.16. The normalized spacial score (nSPS) is 12.0. The van der Waals surface area contributed by atoms with Gasteiger partial charge in [0.25, 0.3) is 0 Å². The third kappa shape index (κ3) is 4.06. The third-order valence-electron chi connectivity index (χ3n) is 3.86. The number of aliphatic hydroxyl groups excluding tert-OH is 1. The van der Waals surface area contributed by atoms with Gasteiger partial charge in [0.05, 0.1) is 25.0 Å². The van der Waals surface area contributed by atoms with E-state index in [1.165, 1.54) is 25.4 Å². The summed E-state index contributed by atoms with van der Waals surface area (Å²) in [6, 6.07) is 9.47. The van der Waals surface area contributed by atoms with E-state index in [0.29, 0.717) is 4.88 Å². The van der Waals surface area contributed by atoms with Crippen molar-refractivity contribution in [3.8, 4) is 0 Å². The molecule has 4 nitrogen and oxygen atoms in total. The van der Waals surface area contributed by atoms with Crippen LogP contribution in [0.3, 0.4) is 0 Å². The number of esters is 1. The van der Waals surface area contributed by atoms with E-state index in [4.69, 9.17) is 4.74 Å². The molecule has 0 aliphatic rings. The molecule has 1 unspecified atom stereocenters. The smallest absolute Gasteiger partial charge is 0.306 e. The molecule has 1 aromatic carbocycles. The largest absolute Gasteiger partial charge is 0.469 e. The zero-order valence-corrected chi connectivity index (χ0v) is 14.3. The number of hydrogen-bond acceptors (Lipinski definition) is 5. The number of ketones is 1. The molecule has 5 heteroatoms. The molecule has 1 aromatic heterocycles. The standard InChI is InChI=1S/C18H20O4S/c1-11-4-5-13(8-14(11)10-19)15(9-18(21)22-3)17-7-6-16(23-17)12(2)20/h4-8,15,19H,9-10H2,1-3H3. The number of aliphatic hydroxyl groups is 1.